The average Bonchev–Trinajstić information content (AvgIpc) is 2.85. The summed E-state index contributed by atoms with van der Waals surface area (Å²) < 4.78 is 0. The molecule has 0 bridgehead atoms. The number of aromatic nitrogens is 1. The third-order valence-electron chi connectivity index (χ3n) is 4.39. The lowest BCUT2D eigenvalue weighted by Gasteiger charge is -2.39. The van der Waals surface area contributed by atoms with Crippen LogP contribution in [0.5, 0.6) is 0 Å². The molecule has 1 N–H and O–H groups in total. The van der Waals surface area contributed by atoms with Gasteiger partial charge in [-0.25, -0.2) is 4.98 Å². The molecule has 1 aromatic carbocycles. The summed E-state index contributed by atoms with van der Waals surface area (Å²) in [4.78, 5) is 4.70. The molecule has 0 amide bonds. The summed E-state index contributed by atoms with van der Waals surface area (Å²) in [6, 6.07) is 8.97. The molecule has 1 aliphatic carbocycles. The van der Waals surface area contributed by atoms with Gasteiger partial charge in [0, 0.05) is 23.8 Å². The molecule has 0 aliphatic heterocycles. The Morgan fingerprint density at radius 1 is 1.35 bits per heavy atom. The van der Waals surface area contributed by atoms with Crippen molar-refractivity contribution in [2.45, 2.75) is 38.0 Å². The molecule has 0 saturated heterocycles. The zero-order valence-electron chi connectivity index (χ0n) is 12.3. The van der Waals surface area contributed by atoms with Crippen LogP contribution in [-0.2, 0) is 18.3 Å². The van der Waals surface area contributed by atoms with Gasteiger partial charge < -0.3 is 5.32 Å². The molecular formula is C17H22N2S. The van der Waals surface area contributed by atoms with Crippen molar-refractivity contribution in [3.63, 3.8) is 0 Å². The van der Waals surface area contributed by atoms with E-state index in [1.54, 1.807) is 11.3 Å². The largest absolute Gasteiger partial charge is 0.319 e. The number of aryl methyl sites for hydroxylation is 2. The maximum absolute atomic E-state index is 4.70. The lowest BCUT2D eigenvalue weighted by atomic mass is 9.67. The molecule has 1 aliphatic rings. The minimum absolute atomic E-state index is 0.212. The molecule has 2 nitrogen and oxygen atoms in total. The van der Waals surface area contributed by atoms with Crippen molar-refractivity contribution in [3.8, 4) is 0 Å². The van der Waals surface area contributed by atoms with Crippen LogP contribution in [0.25, 0.3) is 0 Å². The van der Waals surface area contributed by atoms with E-state index in [1.165, 1.54) is 41.1 Å². The van der Waals surface area contributed by atoms with Crippen LogP contribution in [0.1, 0.15) is 34.7 Å². The first-order chi connectivity index (χ1) is 9.73. The zero-order valence-corrected chi connectivity index (χ0v) is 13.1. The molecule has 0 spiro atoms. The second kappa shape index (κ2) is 5.66. The predicted octanol–water partition coefficient (Wildman–Crippen LogP) is 3.49. The van der Waals surface area contributed by atoms with Crippen molar-refractivity contribution in [3.05, 3.63) is 51.5 Å². The van der Waals surface area contributed by atoms with Crippen LogP contribution in [0.15, 0.2) is 29.6 Å². The van der Waals surface area contributed by atoms with Crippen molar-refractivity contribution in [2.75, 3.05) is 13.6 Å². The van der Waals surface area contributed by atoms with Crippen LogP contribution in [0.3, 0.4) is 0 Å². The Bertz CT molecular complexity index is 590. The Balaban J connectivity index is 2.00. The molecule has 3 rings (SSSR count). The number of likely N-dealkylation sites (N-methyl/N-ethyl adjacent to an activating group) is 1. The Morgan fingerprint density at radius 3 is 2.95 bits per heavy atom. The van der Waals surface area contributed by atoms with Crippen LogP contribution in [0.2, 0.25) is 0 Å². The lowest BCUT2D eigenvalue weighted by Crippen LogP contribution is -2.41. The summed E-state index contributed by atoms with van der Waals surface area (Å²) in [6.07, 6.45) is 4.80. The minimum atomic E-state index is 0.212. The number of thiazole rings is 1. The summed E-state index contributed by atoms with van der Waals surface area (Å²) in [7, 11) is 2.06. The number of hydrogen-bond donors (Lipinski definition) is 1. The highest BCUT2D eigenvalue weighted by atomic mass is 32.1. The van der Waals surface area contributed by atoms with Gasteiger partial charge in [-0.2, -0.15) is 0 Å². The smallest absolute Gasteiger partial charge is 0.0897 e. The van der Waals surface area contributed by atoms with Crippen molar-refractivity contribution < 1.29 is 0 Å². The zero-order chi connectivity index (χ0) is 14.0. The summed E-state index contributed by atoms with van der Waals surface area (Å²) in [5, 5.41) is 6.82. The first-order valence-corrected chi connectivity index (χ1v) is 8.25. The van der Waals surface area contributed by atoms with Gasteiger partial charge in [0.2, 0.25) is 0 Å². The number of benzene rings is 1. The van der Waals surface area contributed by atoms with E-state index in [0.717, 1.165) is 13.0 Å². The van der Waals surface area contributed by atoms with E-state index in [2.05, 4.69) is 48.9 Å². The van der Waals surface area contributed by atoms with E-state index in [9.17, 15) is 0 Å². The third-order valence-corrected chi connectivity index (χ3v) is 5.21. The van der Waals surface area contributed by atoms with E-state index >= 15 is 0 Å². The Kier molecular flexibility index (Phi) is 3.90. The highest BCUT2D eigenvalue weighted by Crippen LogP contribution is 2.39. The first kappa shape index (κ1) is 13.8. The van der Waals surface area contributed by atoms with Gasteiger partial charge in [-0.05, 0) is 44.4 Å². The third kappa shape index (κ3) is 2.52. The molecule has 0 saturated carbocycles. The van der Waals surface area contributed by atoms with E-state index in [4.69, 9.17) is 4.98 Å². The second-order valence-corrected chi connectivity index (χ2v) is 6.92. The lowest BCUT2D eigenvalue weighted by molar-refractivity contribution is 0.342. The molecule has 1 unspecified atom stereocenters. The Hall–Kier alpha value is -1.19. The van der Waals surface area contributed by atoms with Crippen LogP contribution < -0.4 is 5.32 Å². The van der Waals surface area contributed by atoms with Crippen molar-refractivity contribution in [2.24, 2.45) is 0 Å². The fourth-order valence-electron chi connectivity index (χ4n) is 3.61. The van der Waals surface area contributed by atoms with Gasteiger partial charge in [-0.3, -0.25) is 0 Å². The molecule has 1 heterocycles. The van der Waals surface area contributed by atoms with Crippen LogP contribution in [0, 0.1) is 6.92 Å². The average molecular weight is 286 g/mol. The number of nitrogens with zero attached hydrogens (tertiary/aromatic N) is 1. The molecule has 1 atom stereocenters. The van der Waals surface area contributed by atoms with E-state index in [0.29, 0.717) is 0 Å². The number of fused-ring (bicyclic) bond motifs is 1. The van der Waals surface area contributed by atoms with Gasteiger partial charge in [0.05, 0.1) is 10.7 Å². The van der Waals surface area contributed by atoms with Crippen LogP contribution in [-0.4, -0.2) is 18.6 Å². The predicted molar refractivity (Wildman–Crippen MR) is 85.5 cm³/mol. The fraction of sp³-hybridized carbons (Fsp3) is 0.471. The first-order valence-electron chi connectivity index (χ1n) is 7.37. The van der Waals surface area contributed by atoms with Gasteiger partial charge in [-0.1, -0.05) is 24.3 Å². The molecule has 0 fully saturated rings. The van der Waals surface area contributed by atoms with E-state index < -0.39 is 0 Å². The molecule has 2 aromatic rings. The van der Waals surface area contributed by atoms with Crippen molar-refractivity contribution in [1.82, 2.24) is 10.3 Å². The maximum Gasteiger partial charge on any atom is 0.0897 e. The molecule has 3 heteroatoms. The van der Waals surface area contributed by atoms with Gasteiger partial charge in [-0.15, -0.1) is 11.3 Å². The highest BCUT2D eigenvalue weighted by Gasteiger charge is 2.36. The van der Waals surface area contributed by atoms with Crippen LogP contribution in [0.4, 0.5) is 0 Å². The summed E-state index contributed by atoms with van der Waals surface area (Å²) in [5.41, 5.74) is 4.52. The molecule has 106 valence electrons. The number of rotatable bonds is 4. The fourth-order valence-corrected chi connectivity index (χ4v) is 4.22. The van der Waals surface area contributed by atoms with Gasteiger partial charge in [0.1, 0.15) is 0 Å². The molecule has 0 radical (unpaired) electrons. The molecule has 20 heavy (non-hydrogen) atoms. The van der Waals surface area contributed by atoms with E-state index in [1.807, 2.05) is 0 Å². The maximum atomic E-state index is 4.70. The van der Waals surface area contributed by atoms with Gasteiger partial charge in [0.15, 0.2) is 0 Å². The highest BCUT2D eigenvalue weighted by molar-refractivity contribution is 7.09. The summed E-state index contributed by atoms with van der Waals surface area (Å²) in [5.74, 6) is 0. The quantitative estimate of drug-likeness (QED) is 0.930. The van der Waals surface area contributed by atoms with Crippen molar-refractivity contribution in [1.29, 1.82) is 0 Å². The molecule has 1 aromatic heterocycles. The summed E-state index contributed by atoms with van der Waals surface area (Å²) in [6.45, 7) is 3.12. The molecular weight excluding hydrogens is 264 g/mol. The minimum Gasteiger partial charge on any atom is -0.319 e. The van der Waals surface area contributed by atoms with Gasteiger partial charge in [0.25, 0.3) is 0 Å². The number of nitrogens with one attached hydrogen (secondary N) is 1. The normalized spacial score (nSPS) is 21.7. The summed E-state index contributed by atoms with van der Waals surface area (Å²) >= 11 is 1.76. The van der Waals surface area contributed by atoms with E-state index in [-0.39, 0.29) is 5.41 Å². The van der Waals surface area contributed by atoms with Gasteiger partial charge >= 0.3 is 0 Å². The van der Waals surface area contributed by atoms with Crippen molar-refractivity contribution >= 4 is 11.3 Å². The second-order valence-electron chi connectivity index (χ2n) is 5.86. The topological polar surface area (TPSA) is 24.9 Å². The standard InChI is InChI=1S/C17H22N2S/c1-13-19-15(11-20-13)10-17(12-18-2)9-5-7-14-6-3-4-8-16(14)17/h3-4,6,8,11,18H,5,7,9-10,12H2,1-2H3. The number of hydrogen-bond acceptors (Lipinski definition) is 3. The Labute approximate surface area is 125 Å². The SMILES string of the molecule is CNCC1(Cc2csc(C)n2)CCCc2ccccc21. The van der Waals surface area contributed by atoms with Crippen LogP contribution >= 0.6 is 11.3 Å². The monoisotopic (exact) mass is 286 g/mol. The Morgan fingerprint density at radius 2 is 2.20 bits per heavy atom.